The van der Waals surface area contributed by atoms with Crippen molar-refractivity contribution in [2.75, 3.05) is 7.11 Å². The number of rotatable bonds is 1. The van der Waals surface area contributed by atoms with Crippen molar-refractivity contribution < 1.29 is 29.0 Å². The molecule has 0 amide bonds. The average molecular weight is 278 g/mol. The minimum absolute atomic E-state index is 0.221. The van der Waals surface area contributed by atoms with E-state index in [2.05, 4.69) is 29.9 Å². The van der Waals surface area contributed by atoms with Crippen LogP contribution >= 0.6 is 10.1 Å². The van der Waals surface area contributed by atoms with Crippen LogP contribution in [0.2, 0.25) is 0 Å². The molecule has 0 atom stereocenters. The summed E-state index contributed by atoms with van der Waals surface area (Å²) in [5.74, 6) is -1.47. The number of carbonyl (C=O) groups excluding carboxylic acids is 1. The number of nitriles is 1. The van der Waals surface area contributed by atoms with E-state index in [1.54, 1.807) is 6.07 Å². The van der Waals surface area contributed by atoms with E-state index in [-0.39, 0.29) is 11.1 Å². The average Bonchev–Trinajstić information content (AvgIpc) is 2.31. The fraction of sp³-hybridized carbons (Fsp3) is 0.111. The van der Waals surface area contributed by atoms with Crippen molar-refractivity contribution in [3.05, 3.63) is 35.1 Å². The number of hydrogen-bond acceptors (Lipinski definition) is 3. The van der Waals surface area contributed by atoms with Gasteiger partial charge < -0.3 is 4.74 Å². The molecule has 0 aliphatic rings. The number of halogens is 2. The minimum atomic E-state index is -0.783. The van der Waals surface area contributed by atoms with Gasteiger partial charge in [0.15, 0.2) is 0 Å². The summed E-state index contributed by atoms with van der Waals surface area (Å²) in [6.45, 7) is 0. The Kier molecular flexibility index (Phi) is 6.72. The van der Waals surface area contributed by atoms with E-state index < -0.39 is 11.8 Å². The summed E-state index contributed by atoms with van der Waals surface area (Å²) in [4.78, 5) is 10.9. The van der Waals surface area contributed by atoms with E-state index in [4.69, 9.17) is 5.26 Å². The molecule has 0 unspecified atom stereocenters. The molecule has 0 saturated carbocycles. The van der Waals surface area contributed by atoms with Crippen molar-refractivity contribution >= 4 is 16.1 Å². The van der Waals surface area contributed by atoms with Gasteiger partial charge in [0.2, 0.25) is 0 Å². The van der Waals surface area contributed by atoms with Crippen LogP contribution in [-0.2, 0) is 19.8 Å². The van der Waals surface area contributed by atoms with Gasteiger partial charge in [0.25, 0.3) is 0 Å². The molecule has 6 heteroatoms. The fourth-order valence-electron chi connectivity index (χ4n) is 0.861. The molecule has 1 rings (SSSR count). The molecule has 0 saturated heterocycles. The van der Waals surface area contributed by atoms with Gasteiger partial charge in [0.1, 0.15) is 5.82 Å². The Hall–Kier alpha value is -1.08. The summed E-state index contributed by atoms with van der Waals surface area (Å²) in [6.07, 6.45) is 0. The predicted octanol–water partition coefficient (Wildman–Crippen LogP) is 2.17. The van der Waals surface area contributed by atoms with Crippen LogP contribution in [0.15, 0.2) is 18.2 Å². The van der Waals surface area contributed by atoms with Crippen LogP contribution in [0, 0.1) is 17.1 Å². The van der Waals surface area contributed by atoms with Crippen molar-refractivity contribution in [1.29, 1.82) is 5.26 Å². The first-order valence-corrected chi connectivity index (χ1v) is 4.88. The van der Waals surface area contributed by atoms with Crippen LogP contribution < -0.4 is 0 Å². The molecule has 0 aliphatic heterocycles. The van der Waals surface area contributed by atoms with Crippen molar-refractivity contribution in [3.63, 3.8) is 0 Å². The SMILES string of the molecule is COC(=O)c1cc(C#N)ccc1F.[Cl][Cu]. The van der Waals surface area contributed by atoms with Crippen LogP contribution in [0.4, 0.5) is 4.39 Å². The molecular weight excluding hydrogens is 272 g/mol. The molecule has 0 aliphatic carbocycles. The van der Waals surface area contributed by atoms with Gasteiger partial charge in [0, 0.05) is 0 Å². The molecule has 0 N–H and O–H groups in total. The molecule has 1 aromatic rings. The van der Waals surface area contributed by atoms with Crippen molar-refractivity contribution in [3.8, 4) is 6.07 Å². The van der Waals surface area contributed by atoms with Crippen LogP contribution in [0.25, 0.3) is 0 Å². The predicted molar refractivity (Wildman–Crippen MR) is 48.3 cm³/mol. The molecule has 3 nitrogen and oxygen atoms in total. The number of benzene rings is 1. The summed E-state index contributed by atoms with van der Waals surface area (Å²) in [6, 6.07) is 5.31. The van der Waals surface area contributed by atoms with Crippen LogP contribution in [0.5, 0.6) is 0 Å². The van der Waals surface area contributed by atoms with E-state index in [1.165, 1.54) is 6.07 Å². The Morgan fingerprint density at radius 1 is 1.60 bits per heavy atom. The summed E-state index contributed by atoms with van der Waals surface area (Å²) in [5, 5.41) is 8.48. The third-order valence-electron chi connectivity index (χ3n) is 1.50. The Morgan fingerprint density at radius 3 is 2.67 bits per heavy atom. The Labute approximate surface area is 98.8 Å². The molecule has 0 radical (unpaired) electrons. The number of ether oxygens (including phenoxy) is 1. The number of carbonyl (C=O) groups is 1. The monoisotopic (exact) mass is 277 g/mol. The van der Waals surface area contributed by atoms with Crippen LogP contribution in [0.1, 0.15) is 15.9 Å². The van der Waals surface area contributed by atoms with Crippen LogP contribution in [0.3, 0.4) is 0 Å². The van der Waals surface area contributed by atoms with E-state index in [0.29, 0.717) is 0 Å². The Morgan fingerprint density at radius 2 is 2.20 bits per heavy atom. The Bertz CT molecular complexity index is 392. The zero-order valence-electron chi connectivity index (χ0n) is 7.55. The molecular formula is C9H6ClCuFNO2. The van der Waals surface area contributed by atoms with Gasteiger partial charge in [-0.15, -0.1) is 0 Å². The van der Waals surface area contributed by atoms with Crippen molar-refractivity contribution in [1.82, 2.24) is 0 Å². The second-order valence-corrected chi connectivity index (χ2v) is 2.30. The summed E-state index contributed by atoms with van der Waals surface area (Å²) < 4.78 is 17.3. The molecule has 0 aromatic heterocycles. The topological polar surface area (TPSA) is 50.1 Å². The van der Waals surface area contributed by atoms with E-state index >= 15 is 0 Å². The van der Waals surface area contributed by atoms with Gasteiger partial charge in [0.05, 0.1) is 24.3 Å². The fourth-order valence-corrected chi connectivity index (χ4v) is 0.861. The molecule has 1 aromatic carbocycles. The van der Waals surface area contributed by atoms with E-state index in [9.17, 15) is 9.18 Å². The van der Waals surface area contributed by atoms with Crippen molar-refractivity contribution in [2.24, 2.45) is 0 Å². The third kappa shape index (κ3) is 3.88. The number of hydrogen-bond donors (Lipinski definition) is 0. The number of nitrogens with zero attached hydrogens (tertiary/aromatic N) is 1. The number of methoxy groups -OCH3 is 1. The van der Waals surface area contributed by atoms with Gasteiger partial charge in [-0.2, -0.15) is 5.26 Å². The molecule has 15 heavy (non-hydrogen) atoms. The second-order valence-electron chi connectivity index (χ2n) is 2.30. The summed E-state index contributed by atoms with van der Waals surface area (Å²) in [5.41, 5.74) is 0.00310. The van der Waals surface area contributed by atoms with Gasteiger partial charge in [-0.1, -0.05) is 0 Å². The first-order valence-electron chi connectivity index (χ1n) is 3.58. The molecule has 0 heterocycles. The zero-order chi connectivity index (χ0) is 11.8. The van der Waals surface area contributed by atoms with Gasteiger partial charge in [-0.05, 0) is 18.2 Å². The standard InChI is InChI=1S/C9H6FNO2.ClH.Cu/c1-13-9(12)7-4-6(5-11)2-3-8(7)10;;/h2-4H,1H3;1H;/q;;+1/p-1. The Balaban J connectivity index is 0.000000921. The molecule has 0 bridgehead atoms. The van der Waals surface area contributed by atoms with Crippen molar-refractivity contribution in [2.45, 2.75) is 0 Å². The molecule has 0 fully saturated rings. The first-order chi connectivity index (χ1) is 7.19. The molecule has 84 valence electrons. The van der Waals surface area contributed by atoms with Gasteiger partial charge in [-0.25, -0.2) is 9.18 Å². The maximum absolute atomic E-state index is 12.9. The summed E-state index contributed by atoms with van der Waals surface area (Å²) >= 11 is 3.66. The maximum atomic E-state index is 12.9. The van der Waals surface area contributed by atoms with Gasteiger partial charge >= 0.3 is 31.2 Å². The van der Waals surface area contributed by atoms with E-state index in [1.807, 2.05) is 0 Å². The first kappa shape index (κ1) is 13.9. The summed E-state index contributed by atoms with van der Waals surface area (Å²) in [7, 11) is 5.35. The zero-order valence-corrected chi connectivity index (χ0v) is 9.25. The molecule has 0 spiro atoms. The van der Waals surface area contributed by atoms with Crippen LogP contribution in [-0.4, -0.2) is 13.1 Å². The number of esters is 1. The quantitative estimate of drug-likeness (QED) is 0.584. The van der Waals surface area contributed by atoms with E-state index in [0.717, 1.165) is 19.2 Å². The second kappa shape index (κ2) is 7.24. The van der Waals surface area contributed by atoms with Gasteiger partial charge in [-0.3, -0.25) is 0 Å². The normalized spacial score (nSPS) is 8.27. The third-order valence-corrected chi connectivity index (χ3v) is 1.50.